The highest BCUT2D eigenvalue weighted by molar-refractivity contribution is 7.18. The Kier molecular flexibility index (Phi) is 6.03. The van der Waals surface area contributed by atoms with Crippen molar-refractivity contribution in [2.45, 2.75) is 34.1 Å². The van der Waals surface area contributed by atoms with E-state index in [1.54, 1.807) is 16.7 Å². The molecule has 2 N–H and O–H groups in total. The van der Waals surface area contributed by atoms with Crippen LogP contribution >= 0.6 is 34.0 Å². The molecule has 27 heavy (non-hydrogen) atoms. The fourth-order valence-corrected chi connectivity index (χ4v) is 4.80. The zero-order chi connectivity index (χ0) is 19.6. The first-order valence-corrected chi connectivity index (χ1v) is 10.9. The van der Waals surface area contributed by atoms with Crippen LogP contribution in [0.15, 0.2) is 17.5 Å². The molecule has 0 aliphatic carbocycles. The van der Waals surface area contributed by atoms with Gasteiger partial charge in [-0.25, -0.2) is 9.97 Å². The van der Waals surface area contributed by atoms with E-state index in [1.807, 2.05) is 20.8 Å². The average molecular weight is 421 g/mol. The Morgan fingerprint density at radius 1 is 1.07 bits per heavy atom. The normalized spacial score (nSPS) is 11.0. The van der Waals surface area contributed by atoms with E-state index in [4.69, 9.17) is 0 Å². The van der Waals surface area contributed by atoms with Crippen LogP contribution in [0, 0.1) is 19.8 Å². The van der Waals surface area contributed by atoms with E-state index >= 15 is 0 Å². The highest BCUT2D eigenvalue weighted by atomic mass is 32.1. The van der Waals surface area contributed by atoms with Gasteiger partial charge in [-0.15, -0.1) is 34.0 Å². The van der Waals surface area contributed by atoms with Crippen LogP contribution in [0.1, 0.15) is 29.3 Å². The topological polar surface area (TPSA) is 84.0 Å². The van der Waals surface area contributed by atoms with Gasteiger partial charge in [-0.3, -0.25) is 9.59 Å². The molecule has 0 unspecified atom stereocenters. The zero-order valence-corrected chi connectivity index (χ0v) is 17.9. The van der Waals surface area contributed by atoms with Gasteiger partial charge in [0.25, 0.3) is 0 Å². The van der Waals surface area contributed by atoms with Crippen molar-refractivity contribution in [3.05, 3.63) is 33.0 Å². The molecule has 0 radical (unpaired) electrons. The Morgan fingerprint density at radius 2 is 1.85 bits per heavy atom. The minimum atomic E-state index is -0.176. The number of hydrogen-bond donors (Lipinski definition) is 2. The molecule has 3 aromatic heterocycles. The van der Waals surface area contributed by atoms with Crippen LogP contribution in [0.4, 0.5) is 10.3 Å². The summed E-state index contributed by atoms with van der Waals surface area (Å²) < 4.78 is 0. The maximum Gasteiger partial charge on any atom is 0.232 e. The summed E-state index contributed by atoms with van der Waals surface area (Å²) in [4.78, 5) is 36.3. The molecule has 9 heteroatoms. The van der Waals surface area contributed by atoms with Gasteiger partial charge in [0.15, 0.2) is 10.3 Å². The maximum atomic E-state index is 12.3. The molecule has 6 nitrogen and oxygen atoms in total. The summed E-state index contributed by atoms with van der Waals surface area (Å²) >= 11 is 4.47. The number of hydrogen-bond acceptors (Lipinski definition) is 7. The number of rotatable bonds is 6. The zero-order valence-electron chi connectivity index (χ0n) is 15.5. The van der Waals surface area contributed by atoms with Gasteiger partial charge in [0.2, 0.25) is 11.8 Å². The number of thiophene rings is 1. The van der Waals surface area contributed by atoms with Crippen molar-refractivity contribution in [1.29, 1.82) is 0 Å². The van der Waals surface area contributed by atoms with E-state index in [1.165, 1.54) is 27.6 Å². The lowest BCUT2D eigenvalue weighted by Crippen LogP contribution is -2.18. The van der Waals surface area contributed by atoms with E-state index in [2.05, 4.69) is 39.7 Å². The molecule has 0 spiro atoms. The van der Waals surface area contributed by atoms with Crippen molar-refractivity contribution in [1.82, 2.24) is 9.97 Å². The summed E-state index contributed by atoms with van der Waals surface area (Å²) in [5.41, 5.74) is 1.54. The number of nitrogens with one attached hydrogen (secondary N) is 2. The third kappa shape index (κ3) is 5.00. The van der Waals surface area contributed by atoms with E-state index < -0.39 is 0 Å². The van der Waals surface area contributed by atoms with Crippen LogP contribution in [-0.2, 0) is 16.0 Å². The SMILES string of the molecule is Cc1ccc(-c2nc(NC(=O)Cc3csc(NC(=O)C(C)C)n3)sc2C)s1. The Bertz CT molecular complexity index is 971. The van der Waals surface area contributed by atoms with E-state index in [9.17, 15) is 9.59 Å². The van der Waals surface area contributed by atoms with Gasteiger partial charge < -0.3 is 10.6 Å². The second-order valence-corrected chi connectivity index (χ2v) is 9.70. The molecule has 3 rings (SSSR count). The molecule has 0 aromatic carbocycles. The molecule has 3 aromatic rings. The van der Waals surface area contributed by atoms with Crippen molar-refractivity contribution < 1.29 is 9.59 Å². The summed E-state index contributed by atoms with van der Waals surface area (Å²) in [6.45, 7) is 7.70. The molecule has 0 bridgehead atoms. The first-order chi connectivity index (χ1) is 12.8. The molecular formula is C18H20N4O2S3. The number of carbonyl (C=O) groups excluding carboxylic acids is 2. The van der Waals surface area contributed by atoms with E-state index in [0.29, 0.717) is 16.0 Å². The second-order valence-electron chi connectivity index (χ2n) is 6.35. The van der Waals surface area contributed by atoms with Gasteiger partial charge in [0.05, 0.1) is 22.7 Å². The van der Waals surface area contributed by atoms with Gasteiger partial charge in [-0.2, -0.15) is 0 Å². The van der Waals surface area contributed by atoms with Crippen molar-refractivity contribution in [2.75, 3.05) is 10.6 Å². The number of thiazole rings is 2. The highest BCUT2D eigenvalue weighted by Gasteiger charge is 2.15. The fraction of sp³-hybridized carbons (Fsp3) is 0.333. The summed E-state index contributed by atoms with van der Waals surface area (Å²) in [5, 5.41) is 8.47. The largest absolute Gasteiger partial charge is 0.302 e. The molecule has 0 atom stereocenters. The lowest BCUT2D eigenvalue weighted by atomic mass is 10.2. The van der Waals surface area contributed by atoms with Crippen molar-refractivity contribution >= 4 is 56.1 Å². The molecule has 0 saturated heterocycles. The van der Waals surface area contributed by atoms with Crippen LogP contribution in [0.25, 0.3) is 10.6 Å². The number of anilines is 2. The third-order valence-corrected chi connectivity index (χ3v) is 6.36. The van der Waals surface area contributed by atoms with Gasteiger partial charge in [0, 0.05) is 21.1 Å². The summed E-state index contributed by atoms with van der Waals surface area (Å²) in [7, 11) is 0. The van der Waals surface area contributed by atoms with Crippen LogP contribution < -0.4 is 10.6 Å². The molecule has 0 aliphatic heterocycles. The standard InChI is InChI=1S/C18H20N4O2S3/c1-9(2)16(24)22-17-19-12(8-25-17)7-14(23)20-18-21-15(11(4)27-18)13-6-5-10(3)26-13/h5-6,8-9H,7H2,1-4H3,(H,19,22,24)(H,20,21,23). The number of aryl methyl sites for hydroxylation is 2. The van der Waals surface area contributed by atoms with Gasteiger partial charge in [-0.05, 0) is 26.0 Å². The van der Waals surface area contributed by atoms with Crippen molar-refractivity contribution in [2.24, 2.45) is 5.92 Å². The summed E-state index contributed by atoms with van der Waals surface area (Å²) in [6, 6.07) is 4.12. The van der Waals surface area contributed by atoms with Crippen LogP contribution in [0.2, 0.25) is 0 Å². The average Bonchev–Trinajstić information content (AvgIpc) is 3.28. The minimum Gasteiger partial charge on any atom is -0.302 e. The number of nitrogens with zero attached hydrogens (tertiary/aromatic N) is 2. The van der Waals surface area contributed by atoms with Crippen LogP contribution in [0.5, 0.6) is 0 Å². The molecule has 2 amide bonds. The first kappa shape index (κ1) is 19.7. The Hall–Kier alpha value is -2.10. The minimum absolute atomic E-state index is 0.0880. The first-order valence-electron chi connectivity index (χ1n) is 8.41. The number of aromatic nitrogens is 2. The van der Waals surface area contributed by atoms with E-state index in [0.717, 1.165) is 15.4 Å². The lowest BCUT2D eigenvalue weighted by molar-refractivity contribution is -0.119. The molecule has 0 fully saturated rings. The Morgan fingerprint density at radius 3 is 2.52 bits per heavy atom. The highest BCUT2D eigenvalue weighted by Crippen LogP contribution is 2.34. The lowest BCUT2D eigenvalue weighted by Gasteiger charge is -2.03. The maximum absolute atomic E-state index is 12.3. The summed E-state index contributed by atoms with van der Waals surface area (Å²) in [6.07, 6.45) is 0.139. The molecule has 3 heterocycles. The Balaban J connectivity index is 1.62. The van der Waals surface area contributed by atoms with Gasteiger partial charge >= 0.3 is 0 Å². The predicted octanol–water partition coefficient (Wildman–Crippen LogP) is 4.72. The van der Waals surface area contributed by atoms with E-state index in [-0.39, 0.29) is 24.2 Å². The quantitative estimate of drug-likeness (QED) is 0.604. The fourth-order valence-electron chi connectivity index (χ4n) is 2.26. The third-order valence-electron chi connectivity index (χ3n) is 3.66. The van der Waals surface area contributed by atoms with Gasteiger partial charge in [-0.1, -0.05) is 13.8 Å². The molecule has 0 aliphatic rings. The van der Waals surface area contributed by atoms with Crippen molar-refractivity contribution in [3.8, 4) is 10.6 Å². The number of carbonyl (C=O) groups is 2. The monoisotopic (exact) mass is 420 g/mol. The summed E-state index contributed by atoms with van der Waals surface area (Å²) in [5.74, 6) is -0.380. The predicted molar refractivity (Wildman–Crippen MR) is 113 cm³/mol. The smallest absolute Gasteiger partial charge is 0.232 e. The molecule has 142 valence electrons. The van der Waals surface area contributed by atoms with Crippen LogP contribution in [0.3, 0.4) is 0 Å². The molecule has 0 saturated carbocycles. The second kappa shape index (κ2) is 8.28. The van der Waals surface area contributed by atoms with Crippen LogP contribution in [-0.4, -0.2) is 21.8 Å². The molecular weight excluding hydrogens is 400 g/mol. The van der Waals surface area contributed by atoms with Gasteiger partial charge in [0.1, 0.15) is 0 Å². The van der Waals surface area contributed by atoms with Crippen molar-refractivity contribution in [3.63, 3.8) is 0 Å². The number of amides is 2. The Labute approximate surface area is 169 Å².